The fourth-order valence-corrected chi connectivity index (χ4v) is 1.81. The molecule has 0 aliphatic heterocycles. The zero-order valence-corrected chi connectivity index (χ0v) is 9.44. The lowest BCUT2D eigenvalue weighted by Gasteiger charge is -2.11. The highest BCUT2D eigenvalue weighted by molar-refractivity contribution is 6.33. The summed E-state index contributed by atoms with van der Waals surface area (Å²) in [5.41, 5.74) is 1.02. The molecule has 0 amide bonds. The summed E-state index contributed by atoms with van der Waals surface area (Å²) in [6.07, 6.45) is 1.36. The Labute approximate surface area is 94.3 Å². The Morgan fingerprint density at radius 3 is 2.79 bits per heavy atom. The third kappa shape index (κ3) is 2.90. The summed E-state index contributed by atoms with van der Waals surface area (Å²) in [7, 11) is 0. The molecule has 1 unspecified atom stereocenters. The van der Waals surface area contributed by atoms with Gasteiger partial charge in [-0.25, -0.2) is 0 Å². The second-order valence-corrected chi connectivity index (χ2v) is 4.11. The second kappa shape index (κ2) is 5.24. The van der Waals surface area contributed by atoms with Crippen molar-refractivity contribution in [3.05, 3.63) is 33.8 Å². The summed E-state index contributed by atoms with van der Waals surface area (Å²) < 4.78 is 0. The fourth-order valence-electron chi connectivity index (χ4n) is 1.33. The van der Waals surface area contributed by atoms with E-state index >= 15 is 0 Å². The molecule has 0 N–H and O–H groups in total. The molecule has 1 rings (SSSR count). The van der Waals surface area contributed by atoms with Crippen molar-refractivity contribution < 1.29 is 0 Å². The lowest BCUT2D eigenvalue weighted by molar-refractivity contribution is 0.695. The topological polar surface area (TPSA) is 23.8 Å². The Kier molecular flexibility index (Phi) is 4.25. The highest BCUT2D eigenvalue weighted by atomic mass is 35.5. The van der Waals surface area contributed by atoms with Crippen LogP contribution in [-0.2, 0) is 0 Å². The van der Waals surface area contributed by atoms with E-state index in [2.05, 4.69) is 13.0 Å². The summed E-state index contributed by atoms with van der Waals surface area (Å²) >= 11 is 11.9. The first-order chi connectivity index (χ1) is 6.65. The van der Waals surface area contributed by atoms with Gasteiger partial charge in [0.05, 0.1) is 6.07 Å². The van der Waals surface area contributed by atoms with Crippen molar-refractivity contribution in [2.24, 2.45) is 0 Å². The zero-order chi connectivity index (χ0) is 10.6. The Balaban J connectivity index is 2.83. The Hall–Kier alpha value is -0.710. The van der Waals surface area contributed by atoms with Crippen LogP contribution in [0.25, 0.3) is 0 Å². The van der Waals surface area contributed by atoms with Crippen LogP contribution in [0.2, 0.25) is 10.0 Å². The number of hydrogen-bond donors (Lipinski definition) is 0. The van der Waals surface area contributed by atoms with Crippen LogP contribution in [-0.4, -0.2) is 0 Å². The van der Waals surface area contributed by atoms with Gasteiger partial charge in [0.25, 0.3) is 0 Å². The van der Waals surface area contributed by atoms with E-state index in [9.17, 15) is 0 Å². The number of nitrogens with zero attached hydrogens (tertiary/aromatic N) is 1. The molecule has 0 saturated heterocycles. The Morgan fingerprint density at radius 2 is 2.14 bits per heavy atom. The number of benzene rings is 1. The van der Waals surface area contributed by atoms with Gasteiger partial charge in [0, 0.05) is 16.5 Å². The van der Waals surface area contributed by atoms with Crippen LogP contribution in [0.15, 0.2) is 18.2 Å². The van der Waals surface area contributed by atoms with E-state index < -0.39 is 0 Å². The number of halogens is 2. The molecule has 1 aromatic carbocycles. The van der Waals surface area contributed by atoms with Gasteiger partial charge in [-0.1, -0.05) is 30.1 Å². The van der Waals surface area contributed by atoms with E-state index in [1.807, 2.05) is 6.07 Å². The van der Waals surface area contributed by atoms with Crippen molar-refractivity contribution in [3.63, 3.8) is 0 Å². The van der Waals surface area contributed by atoms with Gasteiger partial charge in [-0.05, 0) is 36.1 Å². The SMILES string of the molecule is CC(CCC#N)c1cc(Cl)ccc1Cl. The van der Waals surface area contributed by atoms with Gasteiger partial charge < -0.3 is 0 Å². The molecule has 0 aliphatic carbocycles. The third-order valence-corrected chi connectivity index (χ3v) is 2.76. The molecule has 1 atom stereocenters. The second-order valence-electron chi connectivity index (χ2n) is 3.26. The standard InChI is InChI=1S/C11H11Cl2N/c1-8(3-2-6-14)10-7-9(12)4-5-11(10)13/h4-5,7-8H,2-3H2,1H3. The molecular formula is C11H11Cl2N. The van der Waals surface area contributed by atoms with E-state index in [1.54, 1.807) is 12.1 Å². The summed E-state index contributed by atoms with van der Waals surface area (Å²) in [6.45, 7) is 2.05. The number of nitriles is 1. The molecule has 0 heterocycles. The maximum Gasteiger partial charge on any atom is 0.0621 e. The first-order valence-electron chi connectivity index (χ1n) is 4.47. The minimum atomic E-state index is 0.279. The summed E-state index contributed by atoms with van der Waals surface area (Å²) in [5, 5.41) is 9.89. The van der Waals surface area contributed by atoms with Crippen molar-refractivity contribution in [3.8, 4) is 6.07 Å². The monoisotopic (exact) mass is 227 g/mol. The van der Waals surface area contributed by atoms with Crippen LogP contribution in [0, 0.1) is 11.3 Å². The van der Waals surface area contributed by atoms with Crippen molar-refractivity contribution in [1.82, 2.24) is 0 Å². The van der Waals surface area contributed by atoms with E-state index in [0.717, 1.165) is 17.0 Å². The van der Waals surface area contributed by atoms with Gasteiger partial charge in [-0.15, -0.1) is 0 Å². The van der Waals surface area contributed by atoms with E-state index in [0.29, 0.717) is 11.4 Å². The van der Waals surface area contributed by atoms with Gasteiger partial charge in [-0.2, -0.15) is 5.26 Å². The van der Waals surface area contributed by atoms with Crippen LogP contribution in [0.5, 0.6) is 0 Å². The van der Waals surface area contributed by atoms with Crippen molar-refractivity contribution in [1.29, 1.82) is 5.26 Å². The smallest absolute Gasteiger partial charge is 0.0621 e. The number of rotatable bonds is 3. The lowest BCUT2D eigenvalue weighted by Crippen LogP contribution is -1.94. The number of hydrogen-bond acceptors (Lipinski definition) is 1. The maximum absolute atomic E-state index is 8.48. The van der Waals surface area contributed by atoms with E-state index in [1.165, 1.54) is 0 Å². The minimum absolute atomic E-state index is 0.279. The largest absolute Gasteiger partial charge is 0.198 e. The van der Waals surface area contributed by atoms with Crippen LogP contribution >= 0.6 is 23.2 Å². The van der Waals surface area contributed by atoms with Gasteiger partial charge in [0.15, 0.2) is 0 Å². The summed E-state index contributed by atoms with van der Waals surface area (Å²) in [5.74, 6) is 0.279. The third-order valence-electron chi connectivity index (χ3n) is 2.18. The van der Waals surface area contributed by atoms with E-state index in [-0.39, 0.29) is 5.92 Å². The van der Waals surface area contributed by atoms with Crippen LogP contribution in [0.3, 0.4) is 0 Å². The average Bonchev–Trinajstić information content (AvgIpc) is 2.18. The van der Waals surface area contributed by atoms with Gasteiger partial charge >= 0.3 is 0 Å². The van der Waals surface area contributed by atoms with Crippen molar-refractivity contribution >= 4 is 23.2 Å². The highest BCUT2D eigenvalue weighted by Crippen LogP contribution is 2.29. The molecular weight excluding hydrogens is 217 g/mol. The molecule has 3 heteroatoms. The molecule has 14 heavy (non-hydrogen) atoms. The first-order valence-corrected chi connectivity index (χ1v) is 5.22. The Morgan fingerprint density at radius 1 is 1.43 bits per heavy atom. The maximum atomic E-state index is 8.48. The first kappa shape index (κ1) is 11.4. The molecule has 0 aromatic heterocycles. The summed E-state index contributed by atoms with van der Waals surface area (Å²) in [4.78, 5) is 0. The van der Waals surface area contributed by atoms with Gasteiger partial charge in [0.2, 0.25) is 0 Å². The average molecular weight is 228 g/mol. The molecule has 0 fully saturated rings. The molecule has 74 valence electrons. The van der Waals surface area contributed by atoms with Crippen LogP contribution < -0.4 is 0 Å². The predicted octanol–water partition coefficient (Wildman–Crippen LogP) is 4.40. The quantitative estimate of drug-likeness (QED) is 0.752. The molecule has 0 saturated carbocycles. The van der Waals surface area contributed by atoms with E-state index in [4.69, 9.17) is 28.5 Å². The molecule has 1 aromatic rings. The summed E-state index contributed by atoms with van der Waals surface area (Å²) in [6, 6.07) is 7.56. The minimum Gasteiger partial charge on any atom is -0.198 e. The van der Waals surface area contributed by atoms with Crippen LogP contribution in [0.4, 0.5) is 0 Å². The van der Waals surface area contributed by atoms with Crippen molar-refractivity contribution in [2.45, 2.75) is 25.7 Å². The molecule has 0 bridgehead atoms. The molecule has 0 aliphatic rings. The lowest BCUT2D eigenvalue weighted by atomic mass is 9.96. The molecule has 0 radical (unpaired) electrons. The molecule has 1 nitrogen and oxygen atoms in total. The normalized spacial score (nSPS) is 12.1. The van der Waals surface area contributed by atoms with Gasteiger partial charge in [0.1, 0.15) is 0 Å². The highest BCUT2D eigenvalue weighted by Gasteiger charge is 2.09. The molecule has 0 spiro atoms. The Bertz CT molecular complexity index is 355. The zero-order valence-electron chi connectivity index (χ0n) is 7.93. The van der Waals surface area contributed by atoms with Crippen molar-refractivity contribution in [2.75, 3.05) is 0 Å². The van der Waals surface area contributed by atoms with Crippen LogP contribution in [0.1, 0.15) is 31.2 Å². The fraction of sp³-hybridized carbons (Fsp3) is 0.364. The predicted molar refractivity (Wildman–Crippen MR) is 59.7 cm³/mol. The van der Waals surface area contributed by atoms with Gasteiger partial charge in [-0.3, -0.25) is 0 Å².